The molecule has 1 saturated heterocycles. The second-order valence-corrected chi connectivity index (χ2v) is 8.71. The van der Waals surface area contributed by atoms with Gasteiger partial charge in [-0.15, -0.1) is 0 Å². The van der Waals surface area contributed by atoms with Crippen molar-refractivity contribution in [3.05, 3.63) is 70.3 Å². The average molecular weight is 402 g/mol. The van der Waals surface area contributed by atoms with E-state index in [4.69, 9.17) is 0 Å². The van der Waals surface area contributed by atoms with E-state index >= 15 is 0 Å². The lowest BCUT2D eigenvalue weighted by molar-refractivity contribution is 0.0521. The summed E-state index contributed by atoms with van der Waals surface area (Å²) in [6.07, 6.45) is 6.36. The highest BCUT2D eigenvalue weighted by Gasteiger charge is 2.33. The minimum Gasteiger partial charge on any atom is -0.338 e. The van der Waals surface area contributed by atoms with Crippen LogP contribution in [0, 0.1) is 18.8 Å². The normalized spacial score (nSPS) is 21.4. The first-order valence-corrected chi connectivity index (χ1v) is 11.0. The van der Waals surface area contributed by atoms with E-state index in [1.54, 1.807) is 10.6 Å². The molecule has 1 aromatic heterocycles. The van der Waals surface area contributed by atoms with Crippen molar-refractivity contribution in [1.82, 2.24) is 14.5 Å². The minimum absolute atomic E-state index is 0.0865. The van der Waals surface area contributed by atoms with E-state index < -0.39 is 0 Å². The highest BCUT2D eigenvalue weighted by atomic mass is 16.2. The van der Waals surface area contributed by atoms with Crippen LogP contribution in [0.4, 0.5) is 0 Å². The second kappa shape index (κ2) is 7.71. The third-order valence-electron chi connectivity index (χ3n) is 6.89. The predicted molar refractivity (Wildman–Crippen MR) is 118 cm³/mol. The highest BCUT2D eigenvalue weighted by molar-refractivity contribution is 5.94. The molecule has 154 valence electrons. The molecule has 5 nitrogen and oxygen atoms in total. The molecule has 1 saturated carbocycles. The molecule has 1 aliphatic carbocycles. The number of aromatic nitrogens is 2. The number of hydrogen-bond acceptors (Lipinski definition) is 3. The van der Waals surface area contributed by atoms with Crippen LogP contribution in [0.3, 0.4) is 0 Å². The van der Waals surface area contributed by atoms with Crippen LogP contribution in [-0.4, -0.2) is 33.4 Å². The summed E-state index contributed by atoms with van der Waals surface area (Å²) >= 11 is 0. The SMILES string of the molecule is Cc1nc2ccccc2c(=O)n1-c1ccc(C(=O)N2CC[C@@H]3CCCC[C@H]3C2)cc1. The fourth-order valence-corrected chi connectivity index (χ4v) is 5.27. The van der Waals surface area contributed by atoms with Gasteiger partial charge < -0.3 is 4.90 Å². The van der Waals surface area contributed by atoms with Crippen molar-refractivity contribution in [2.45, 2.75) is 39.0 Å². The van der Waals surface area contributed by atoms with Crippen LogP contribution in [0.5, 0.6) is 0 Å². The van der Waals surface area contributed by atoms with Crippen molar-refractivity contribution in [3.8, 4) is 5.69 Å². The number of para-hydroxylation sites is 1. The molecule has 2 aliphatic rings. The zero-order valence-corrected chi connectivity index (χ0v) is 17.4. The zero-order chi connectivity index (χ0) is 20.7. The summed E-state index contributed by atoms with van der Waals surface area (Å²) in [7, 11) is 0. The number of rotatable bonds is 2. The molecule has 5 heteroatoms. The quantitative estimate of drug-likeness (QED) is 0.642. The molecule has 0 bridgehead atoms. The van der Waals surface area contributed by atoms with Crippen molar-refractivity contribution < 1.29 is 4.79 Å². The van der Waals surface area contributed by atoms with Crippen LogP contribution < -0.4 is 5.56 Å². The van der Waals surface area contributed by atoms with Gasteiger partial charge in [-0.2, -0.15) is 0 Å². The number of carbonyl (C=O) groups is 1. The van der Waals surface area contributed by atoms with Crippen LogP contribution in [0.2, 0.25) is 0 Å². The standard InChI is InChI=1S/C25H27N3O2/c1-17-26-23-9-5-4-8-22(23)25(30)28(17)21-12-10-19(11-13-21)24(29)27-15-14-18-6-2-3-7-20(18)16-27/h4-5,8-13,18,20H,2-3,6-7,14-16H2,1H3/t18-,20-/m0/s1. The Hall–Kier alpha value is -2.95. The van der Waals surface area contributed by atoms with E-state index in [-0.39, 0.29) is 11.5 Å². The number of hydrogen-bond donors (Lipinski definition) is 0. The van der Waals surface area contributed by atoms with Crippen molar-refractivity contribution in [3.63, 3.8) is 0 Å². The molecular weight excluding hydrogens is 374 g/mol. The fourth-order valence-electron chi connectivity index (χ4n) is 5.27. The summed E-state index contributed by atoms with van der Waals surface area (Å²) in [5, 5.41) is 0.596. The van der Waals surface area contributed by atoms with Gasteiger partial charge in [0.25, 0.3) is 11.5 Å². The molecule has 2 aromatic carbocycles. The molecule has 0 spiro atoms. The molecule has 0 unspecified atom stereocenters. The van der Waals surface area contributed by atoms with E-state index in [9.17, 15) is 9.59 Å². The number of nitrogens with zero attached hydrogens (tertiary/aromatic N) is 3. The van der Waals surface area contributed by atoms with Gasteiger partial charge in [0.15, 0.2) is 0 Å². The number of aryl methyl sites for hydroxylation is 1. The first kappa shape index (κ1) is 19.0. The molecule has 0 radical (unpaired) electrons. The summed E-state index contributed by atoms with van der Waals surface area (Å²) in [6, 6.07) is 14.8. The Labute approximate surface area is 176 Å². The molecule has 2 atom stereocenters. The molecule has 1 aliphatic heterocycles. The van der Waals surface area contributed by atoms with Gasteiger partial charge >= 0.3 is 0 Å². The molecule has 1 amide bonds. The van der Waals surface area contributed by atoms with Gasteiger partial charge in [0, 0.05) is 18.7 Å². The van der Waals surface area contributed by atoms with E-state index in [0.29, 0.717) is 28.2 Å². The van der Waals surface area contributed by atoms with Crippen LogP contribution in [-0.2, 0) is 0 Å². The van der Waals surface area contributed by atoms with Gasteiger partial charge in [-0.05, 0) is 68.0 Å². The Kier molecular flexibility index (Phi) is 4.89. The van der Waals surface area contributed by atoms with Gasteiger partial charge in [0.05, 0.1) is 16.6 Å². The van der Waals surface area contributed by atoms with E-state index in [2.05, 4.69) is 4.98 Å². The number of piperidine rings is 1. The molecule has 2 heterocycles. The van der Waals surface area contributed by atoms with E-state index in [1.165, 1.54) is 25.7 Å². The second-order valence-electron chi connectivity index (χ2n) is 8.71. The zero-order valence-electron chi connectivity index (χ0n) is 17.4. The Morgan fingerprint density at radius 1 is 0.967 bits per heavy atom. The number of benzene rings is 2. The Bertz CT molecular complexity index is 1150. The van der Waals surface area contributed by atoms with Crippen molar-refractivity contribution >= 4 is 16.8 Å². The summed E-state index contributed by atoms with van der Waals surface area (Å²) in [6.45, 7) is 3.58. The summed E-state index contributed by atoms with van der Waals surface area (Å²) in [5.41, 5.74) is 2.04. The third-order valence-corrected chi connectivity index (χ3v) is 6.89. The molecule has 5 rings (SSSR count). The lowest BCUT2D eigenvalue weighted by Crippen LogP contribution is -2.44. The van der Waals surface area contributed by atoms with Gasteiger partial charge in [0.1, 0.15) is 5.82 Å². The molecule has 2 fully saturated rings. The Morgan fingerprint density at radius 3 is 2.50 bits per heavy atom. The largest absolute Gasteiger partial charge is 0.338 e. The fraction of sp³-hybridized carbons (Fsp3) is 0.400. The van der Waals surface area contributed by atoms with Gasteiger partial charge in [-0.25, -0.2) is 4.98 Å². The first-order chi connectivity index (χ1) is 14.6. The lowest BCUT2D eigenvalue weighted by atomic mass is 9.75. The Morgan fingerprint density at radius 2 is 1.70 bits per heavy atom. The number of likely N-dealkylation sites (tertiary alicyclic amines) is 1. The molecule has 0 N–H and O–H groups in total. The van der Waals surface area contributed by atoms with E-state index in [1.807, 2.05) is 54.3 Å². The van der Waals surface area contributed by atoms with Crippen molar-refractivity contribution in [1.29, 1.82) is 0 Å². The van der Waals surface area contributed by atoms with E-state index in [0.717, 1.165) is 31.1 Å². The predicted octanol–water partition coefficient (Wildman–Crippen LogP) is 4.35. The lowest BCUT2D eigenvalue weighted by Gasteiger charge is -2.41. The van der Waals surface area contributed by atoms with Crippen LogP contribution in [0.1, 0.15) is 48.3 Å². The summed E-state index contributed by atoms with van der Waals surface area (Å²) < 4.78 is 1.62. The molecular formula is C25H27N3O2. The van der Waals surface area contributed by atoms with Crippen molar-refractivity contribution in [2.24, 2.45) is 11.8 Å². The minimum atomic E-state index is -0.0865. The monoisotopic (exact) mass is 401 g/mol. The van der Waals surface area contributed by atoms with Crippen molar-refractivity contribution in [2.75, 3.05) is 13.1 Å². The average Bonchev–Trinajstić information content (AvgIpc) is 2.79. The van der Waals surface area contributed by atoms with Crippen LogP contribution in [0.25, 0.3) is 16.6 Å². The smallest absolute Gasteiger partial charge is 0.265 e. The topological polar surface area (TPSA) is 55.2 Å². The number of fused-ring (bicyclic) bond motifs is 2. The third kappa shape index (κ3) is 3.32. The first-order valence-electron chi connectivity index (χ1n) is 11.0. The highest BCUT2D eigenvalue weighted by Crippen LogP contribution is 2.36. The Balaban J connectivity index is 1.40. The van der Waals surface area contributed by atoms with Gasteiger partial charge in [-0.1, -0.05) is 31.4 Å². The molecule has 30 heavy (non-hydrogen) atoms. The van der Waals surface area contributed by atoms with Crippen LogP contribution in [0.15, 0.2) is 53.3 Å². The van der Waals surface area contributed by atoms with Gasteiger partial charge in [0.2, 0.25) is 0 Å². The molecule has 3 aromatic rings. The van der Waals surface area contributed by atoms with Crippen LogP contribution >= 0.6 is 0 Å². The maximum absolute atomic E-state index is 13.1. The van der Waals surface area contributed by atoms with Gasteiger partial charge in [-0.3, -0.25) is 14.2 Å². The number of amides is 1. The number of carbonyl (C=O) groups excluding carboxylic acids is 1. The maximum Gasteiger partial charge on any atom is 0.265 e. The maximum atomic E-state index is 13.1. The summed E-state index contributed by atoms with van der Waals surface area (Å²) in [5.74, 6) is 2.21. The summed E-state index contributed by atoms with van der Waals surface area (Å²) in [4.78, 5) is 32.7.